The maximum atomic E-state index is 12.4. The number of nitrogens with one attached hydrogen (secondary N) is 1. The fourth-order valence-electron chi connectivity index (χ4n) is 2.26. The van der Waals surface area contributed by atoms with Gasteiger partial charge in [0.15, 0.2) is 0 Å². The Labute approximate surface area is 168 Å². The maximum absolute atomic E-state index is 12.4. The van der Waals surface area contributed by atoms with Gasteiger partial charge in [0.1, 0.15) is 17.2 Å². The van der Waals surface area contributed by atoms with Crippen molar-refractivity contribution in [1.82, 2.24) is 5.01 Å². The molecule has 0 unspecified atom stereocenters. The van der Waals surface area contributed by atoms with E-state index in [4.69, 9.17) is 14.0 Å². The summed E-state index contributed by atoms with van der Waals surface area (Å²) in [5.74, 6) is -0.135. The number of methoxy groups -OCH3 is 2. The third-order valence-corrected chi connectivity index (χ3v) is 4.46. The van der Waals surface area contributed by atoms with Crippen molar-refractivity contribution in [2.75, 3.05) is 38.9 Å². The number of rotatable bonds is 9. The SMILES string of the molecule is COc1cc(NC(=O)c2ccccc2)c(OC)cc1N=NN(C)CCS(=O)(=O)O. The molecular weight excluding hydrogens is 400 g/mol. The molecule has 0 spiro atoms. The van der Waals surface area contributed by atoms with Crippen molar-refractivity contribution < 1.29 is 27.2 Å². The van der Waals surface area contributed by atoms with Crippen molar-refractivity contribution in [2.24, 2.45) is 10.3 Å². The number of amides is 1. The van der Waals surface area contributed by atoms with Gasteiger partial charge in [0.25, 0.3) is 16.0 Å². The number of carbonyl (C=O) groups excluding carboxylic acids is 1. The van der Waals surface area contributed by atoms with E-state index in [1.165, 1.54) is 32.3 Å². The van der Waals surface area contributed by atoms with Crippen LogP contribution in [0.15, 0.2) is 52.8 Å². The molecule has 0 aliphatic carbocycles. The Hall–Kier alpha value is -3.18. The number of nitrogens with zero attached hydrogens (tertiary/aromatic N) is 3. The van der Waals surface area contributed by atoms with E-state index in [2.05, 4.69) is 15.7 Å². The predicted octanol–water partition coefficient (Wildman–Crippen LogP) is 2.77. The van der Waals surface area contributed by atoms with Gasteiger partial charge in [-0.05, 0) is 12.1 Å². The van der Waals surface area contributed by atoms with Gasteiger partial charge in [0.05, 0.1) is 32.2 Å². The molecule has 0 aliphatic rings. The Morgan fingerprint density at radius 2 is 1.79 bits per heavy atom. The summed E-state index contributed by atoms with van der Waals surface area (Å²) < 4.78 is 41.0. The average molecular weight is 422 g/mol. The Kier molecular flexibility index (Phi) is 7.51. The van der Waals surface area contributed by atoms with Crippen LogP contribution in [0.1, 0.15) is 10.4 Å². The summed E-state index contributed by atoms with van der Waals surface area (Å²) in [5.41, 5.74) is 1.18. The Balaban J connectivity index is 2.23. The van der Waals surface area contributed by atoms with Crippen LogP contribution < -0.4 is 14.8 Å². The van der Waals surface area contributed by atoms with Crippen LogP contribution >= 0.6 is 0 Å². The minimum absolute atomic E-state index is 0.0486. The van der Waals surface area contributed by atoms with Crippen molar-refractivity contribution in [3.63, 3.8) is 0 Å². The van der Waals surface area contributed by atoms with Gasteiger partial charge in [-0.3, -0.25) is 14.4 Å². The first kappa shape index (κ1) is 22.1. The molecule has 0 atom stereocenters. The van der Waals surface area contributed by atoms with E-state index in [-0.39, 0.29) is 12.5 Å². The molecule has 29 heavy (non-hydrogen) atoms. The minimum Gasteiger partial charge on any atom is -0.494 e. The van der Waals surface area contributed by atoms with Crippen molar-refractivity contribution in [3.05, 3.63) is 48.0 Å². The lowest BCUT2D eigenvalue weighted by atomic mass is 10.2. The van der Waals surface area contributed by atoms with Gasteiger partial charge < -0.3 is 14.8 Å². The van der Waals surface area contributed by atoms with Crippen LogP contribution in [0, 0.1) is 0 Å². The molecule has 2 aromatic rings. The number of carbonyl (C=O) groups is 1. The second kappa shape index (κ2) is 9.85. The quantitative estimate of drug-likeness (QED) is 0.361. The normalized spacial score (nSPS) is 11.3. The second-order valence-electron chi connectivity index (χ2n) is 5.90. The largest absolute Gasteiger partial charge is 0.494 e. The van der Waals surface area contributed by atoms with E-state index in [0.29, 0.717) is 28.4 Å². The first-order chi connectivity index (χ1) is 13.7. The summed E-state index contributed by atoms with van der Waals surface area (Å²) in [7, 11) is 0.293. The highest BCUT2D eigenvalue weighted by Gasteiger charge is 2.15. The lowest BCUT2D eigenvalue weighted by Crippen LogP contribution is -2.20. The lowest BCUT2D eigenvalue weighted by molar-refractivity contribution is 0.102. The van der Waals surface area contributed by atoms with E-state index in [9.17, 15) is 13.2 Å². The highest BCUT2D eigenvalue weighted by Crippen LogP contribution is 2.38. The summed E-state index contributed by atoms with van der Waals surface area (Å²) in [5, 5.41) is 11.9. The second-order valence-corrected chi connectivity index (χ2v) is 7.47. The molecule has 10 nitrogen and oxygen atoms in total. The van der Waals surface area contributed by atoms with Crippen LogP contribution in [-0.4, -0.2) is 57.5 Å². The molecule has 0 aromatic heterocycles. The van der Waals surface area contributed by atoms with E-state index in [1.54, 1.807) is 30.3 Å². The summed E-state index contributed by atoms with van der Waals surface area (Å²) in [6, 6.07) is 11.8. The molecule has 156 valence electrons. The van der Waals surface area contributed by atoms with Gasteiger partial charge in [0.2, 0.25) is 0 Å². The standard InChI is InChI=1S/C18H22N4O6S/c1-22(9-10-29(24,25)26)21-20-15-12-16(27-2)14(11-17(15)28-3)19-18(23)13-7-5-4-6-8-13/h4-8,11-12H,9-10H2,1-3H3,(H,19,23)(H,24,25,26). The molecule has 0 saturated carbocycles. The third-order valence-electron chi connectivity index (χ3n) is 3.76. The number of hydrogen-bond acceptors (Lipinski definition) is 7. The maximum Gasteiger partial charge on any atom is 0.266 e. The predicted molar refractivity (Wildman–Crippen MR) is 108 cm³/mol. The number of ether oxygens (including phenoxy) is 2. The van der Waals surface area contributed by atoms with Crippen LogP contribution in [0.5, 0.6) is 11.5 Å². The molecule has 0 heterocycles. The highest BCUT2D eigenvalue weighted by atomic mass is 32.2. The summed E-state index contributed by atoms with van der Waals surface area (Å²) in [6.45, 7) is -0.0486. The van der Waals surface area contributed by atoms with Crippen molar-refractivity contribution in [2.45, 2.75) is 0 Å². The molecule has 0 aliphatic heterocycles. The molecule has 2 aromatic carbocycles. The molecule has 0 bridgehead atoms. The fraction of sp³-hybridized carbons (Fsp3) is 0.278. The molecule has 1 amide bonds. The summed E-state index contributed by atoms with van der Waals surface area (Å²) in [6.07, 6.45) is 0. The smallest absolute Gasteiger partial charge is 0.266 e. The first-order valence-corrected chi connectivity index (χ1v) is 10.0. The van der Waals surface area contributed by atoms with Crippen LogP contribution in [0.2, 0.25) is 0 Å². The average Bonchev–Trinajstić information content (AvgIpc) is 2.70. The van der Waals surface area contributed by atoms with Gasteiger partial charge >= 0.3 is 0 Å². The number of hydrogen-bond donors (Lipinski definition) is 2. The van der Waals surface area contributed by atoms with Crippen LogP contribution in [-0.2, 0) is 10.1 Å². The van der Waals surface area contributed by atoms with E-state index in [1.807, 2.05) is 6.07 Å². The van der Waals surface area contributed by atoms with Gasteiger partial charge in [0, 0.05) is 24.7 Å². The zero-order valence-corrected chi connectivity index (χ0v) is 17.0. The Morgan fingerprint density at radius 1 is 1.14 bits per heavy atom. The lowest BCUT2D eigenvalue weighted by Gasteiger charge is -2.14. The van der Waals surface area contributed by atoms with Crippen LogP contribution in [0.25, 0.3) is 0 Å². The zero-order valence-electron chi connectivity index (χ0n) is 16.2. The molecule has 2 N–H and O–H groups in total. The monoisotopic (exact) mass is 422 g/mol. The van der Waals surface area contributed by atoms with Gasteiger partial charge in [-0.25, -0.2) is 0 Å². The van der Waals surface area contributed by atoms with Gasteiger partial charge in [-0.1, -0.05) is 23.4 Å². The molecule has 0 fully saturated rings. The van der Waals surface area contributed by atoms with Crippen LogP contribution in [0.4, 0.5) is 11.4 Å². The molecule has 2 rings (SSSR count). The molecule has 0 radical (unpaired) electrons. The van der Waals surface area contributed by atoms with Crippen molar-refractivity contribution in [1.29, 1.82) is 0 Å². The molecule has 0 saturated heterocycles. The fourth-order valence-corrected chi connectivity index (χ4v) is 2.75. The number of anilines is 1. The first-order valence-electron chi connectivity index (χ1n) is 8.44. The van der Waals surface area contributed by atoms with Crippen molar-refractivity contribution in [3.8, 4) is 11.5 Å². The van der Waals surface area contributed by atoms with Crippen molar-refractivity contribution >= 4 is 27.4 Å². The van der Waals surface area contributed by atoms with E-state index in [0.717, 1.165) is 0 Å². The third kappa shape index (κ3) is 6.73. The van der Waals surface area contributed by atoms with E-state index >= 15 is 0 Å². The Morgan fingerprint density at radius 3 is 2.38 bits per heavy atom. The van der Waals surface area contributed by atoms with Gasteiger partial charge in [-0.2, -0.15) is 8.42 Å². The highest BCUT2D eigenvalue weighted by molar-refractivity contribution is 7.85. The minimum atomic E-state index is -4.09. The summed E-state index contributed by atoms with van der Waals surface area (Å²) in [4.78, 5) is 12.4. The Bertz CT molecular complexity index is 979. The molecular formula is C18H22N4O6S. The van der Waals surface area contributed by atoms with E-state index < -0.39 is 15.9 Å². The van der Waals surface area contributed by atoms with Crippen LogP contribution in [0.3, 0.4) is 0 Å². The topological polar surface area (TPSA) is 130 Å². The zero-order chi connectivity index (χ0) is 21.4. The summed E-state index contributed by atoms with van der Waals surface area (Å²) >= 11 is 0. The number of benzene rings is 2. The van der Waals surface area contributed by atoms with Gasteiger partial charge in [-0.15, -0.1) is 5.11 Å². The molecule has 11 heteroatoms.